The summed E-state index contributed by atoms with van der Waals surface area (Å²) in [7, 11) is 0. The fourth-order valence-electron chi connectivity index (χ4n) is 2.64. The van der Waals surface area contributed by atoms with Gasteiger partial charge in [-0.05, 0) is 53.0 Å². The van der Waals surface area contributed by atoms with Crippen LogP contribution in [-0.4, -0.2) is 15.7 Å². The maximum absolute atomic E-state index is 13.3. The van der Waals surface area contributed by atoms with Crippen LogP contribution in [0.2, 0.25) is 0 Å². The third-order valence-corrected chi connectivity index (χ3v) is 3.86. The minimum Gasteiger partial charge on any atom is -0.267 e. The van der Waals surface area contributed by atoms with Crippen LogP contribution in [0.5, 0.6) is 0 Å². The molecule has 1 fully saturated rings. The number of nitrogens with zero attached hydrogens (tertiary/aromatic N) is 2. The molecular weight excluding hydrogens is 234 g/mol. The Hall–Kier alpha value is -0.930. The van der Waals surface area contributed by atoms with E-state index < -0.39 is 11.8 Å². The smallest absolute Gasteiger partial charge is 0.248 e. The molecule has 1 heterocycles. The van der Waals surface area contributed by atoms with Crippen molar-refractivity contribution in [2.24, 2.45) is 5.92 Å². The van der Waals surface area contributed by atoms with E-state index in [1.54, 1.807) is 0 Å². The maximum Gasteiger partial charge on any atom is 0.248 e. The third-order valence-electron chi connectivity index (χ3n) is 3.86. The molecule has 2 unspecified atom stereocenters. The van der Waals surface area contributed by atoms with E-state index in [1.807, 2.05) is 16.9 Å². The van der Waals surface area contributed by atoms with Crippen LogP contribution >= 0.6 is 0 Å². The quantitative estimate of drug-likeness (QED) is 0.776. The Morgan fingerprint density at radius 3 is 2.33 bits per heavy atom. The second kappa shape index (κ2) is 4.32. The molecule has 1 aromatic heterocycles. The summed E-state index contributed by atoms with van der Waals surface area (Å²) in [6.45, 7) is 7.29. The van der Waals surface area contributed by atoms with E-state index in [0.29, 0.717) is 12.8 Å². The second-order valence-electron chi connectivity index (χ2n) is 6.52. The molecule has 2 nitrogen and oxygen atoms in total. The summed E-state index contributed by atoms with van der Waals surface area (Å²) >= 11 is 0. The Balaban J connectivity index is 2.09. The van der Waals surface area contributed by atoms with Crippen molar-refractivity contribution >= 4 is 0 Å². The minimum atomic E-state index is -2.55. The molecule has 1 aliphatic carbocycles. The Kier molecular flexibility index (Phi) is 3.24. The molecule has 18 heavy (non-hydrogen) atoms. The van der Waals surface area contributed by atoms with Gasteiger partial charge in [0.2, 0.25) is 5.92 Å². The van der Waals surface area contributed by atoms with Gasteiger partial charge in [-0.3, -0.25) is 4.68 Å². The van der Waals surface area contributed by atoms with Crippen LogP contribution in [0.15, 0.2) is 12.3 Å². The molecule has 1 saturated carbocycles. The largest absolute Gasteiger partial charge is 0.267 e. The van der Waals surface area contributed by atoms with Crippen LogP contribution in [0.1, 0.15) is 58.6 Å². The fraction of sp³-hybridized carbons (Fsp3) is 0.786. The van der Waals surface area contributed by atoms with E-state index in [0.717, 1.165) is 19.0 Å². The van der Waals surface area contributed by atoms with Crippen molar-refractivity contribution in [1.82, 2.24) is 9.78 Å². The lowest BCUT2D eigenvalue weighted by Crippen LogP contribution is -2.23. The summed E-state index contributed by atoms with van der Waals surface area (Å²) in [6, 6.07) is 1.98. The van der Waals surface area contributed by atoms with E-state index >= 15 is 0 Å². The SMILES string of the molecule is CC(F)(F)C1CCC(c2ccn(C(C)(C)C)n2)C1. The molecule has 2 atom stereocenters. The number of hydrogen-bond acceptors (Lipinski definition) is 1. The summed E-state index contributed by atoms with van der Waals surface area (Å²) in [6.07, 6.45) is 3.95. The minimum absolute atomic E-state index is 0.0506. The first-order valence-corrected chi connectivity index (χ1v) is 6.62. The number of halogens is 2. The summed E-state index contributed by atoms with van der Waals surface area (Å²) in [5.74, 6) is -2.84. The van der Waals surface area contributed by atoms with Gasteiger partial charge in [-0.15, -0.1) is 0 Å². The Morgan fingerprint density at radius 1 is 1.22 bits per heavy atom. The van der Waals surface area contributed by atoms with Crippen molar-refractivity contribution in [1.29, 1.82) is 0 Å². The molecule has 0 saturated heterocycles. The van der Waals surface area contributed by atoms with Crippen molar-refractivity contribution in [2.75, 3.05) is 0 Å². The van der Waals surface area contributed by atoms with Crippen LogP contribution in [-0.2, 0) is 5.54 Å². The van der Waals surface area contributed by atoms with Crippen LogP contribution < -0.4 is 0 Å². The van der Waals surface area contributed by atoms with Crippen LogP contribution in [0.4, 0.5) is 8.78 Å². The predicted molar refractivity (Wildman–Crippen MR) is 67.9 cm³/mol. The molecule has 1 aromatic rings. The molecule has 0 aromatic carbocycles. The van der Waals surface area contributed by atoms with Crippen molar-refractivity contribution in [3.63, 3.8) is 0 Å². The molecule has 4 heteroatoms. The molecule has 0 spiro atoms. The standard InChI is InChI=1S/C14H22F2N2/c1-13(2,3)18-8-7-12(17-18)10-5-6-11(9-10)14(4,15)16/h7-8,10-11H,5-6,9H2,1-4H3. The Bertz CT molecular complexity index is 412. The van der Waals surface area contributed by atoms with Crippen LogP contribution in [0.3, 0.4) is 0 Å². The average molecular weight is 256 g/mol. The summed E-state index contributed by atoms with van der Waals surface area (Å²) in [5.41, 5.74) is 0.918. The lowest BCUT2D eigenvalue weighted by atomic mass is 9.98. The predicted octanol–water partition coefficient (Wildman–Crippen LogP) is 4.18. The molecule has 0 bridgehead atoms. The first-order chi connectivity index (χ1) is 8.18. The molecule has 0 aliphatic heterocycles. The number of rotatable bonds is 2. The van der Waals surface area contributed by atoms with Gasteiger partial charge in [0.1, 0.15) is 0 Å². The molecule has 0 radical (unpaired) electrons. The van der Waals surface area contributed by atoms with Gasteiger partial charge >= 0.3 is 0 Å². The van der Waals surface area contributed by atoms with E-state index in [4.69, 9.17) is 0 Å². The monoisotopic (exact) mass is 256 g/mol. The first kappa shape index (κ1) is 13.5. The highest BCUT2D eigenvalue weighted by Gasteiger charge is 2.40. The fourth-order valence-corrected chi connectivity index (χ4v) is 2.64. The van der Waals surface area contributed by atoms with Gasteiger partial charge in [-0.1, -0.05) is 0 Å². The normalized spacial score (nSPS) is 25.7. The first-order valence-electron chi connectivity index (χ1n) is 6.62. The molecule has 2 rings (SSSR count). The molecular formula is C14H22F2N2. The zero-order valence-electron chi connectivity index (χ0n) is 11.6. The maximum atomic E-state index is 13.3. The molecule has 0 amide bonds. The van der Waals surface area contributed by atoms with Gasteiger partial charge in [0, 0.05) is 18.0 Å². The van der Waals surface area contributed by atoms with Crippen molar-refractivity contribution in [3.8, 4) is 0 Å². The zero-order chi connectivity index (χ0) is 13.6. The highest BCUT2D eigenvalue weighted by atomic mass is 19.3. The highest BCUT2D eigenvalue weighted by Crippen LogP contribution is 2.44. The zero-order valence-corrected chi connectivity index (χ0v) is 11.6. The topological polar surface area (TPSA) is 17.8 Å². The van der Waals surface area contributed by atoms with Gasteiger partial charge in [-0.25, -0.2) is 8.78 Å². The molecule has 1 aliphatic rings. The Labute approximate surface area is 107 Å². The third kappa shape index (κ3) is 2.73. The number of hydrogen-bond donors (Lipinski definition) is 0. The van der Waals surface area contributed by atoms with Crippen molar-refractivity contribution in [2.45, 2.75) is 64.3 Å². The number of alkyl halides is 2. The highest BCUT2D eigenvalue weighted by molar-refractivity contribution is 5.10. The van der Waals surface area contributed by atoms with E-state index in [-0.39, 0.29) is 11.5 Å². The number of aromatic nitrogens is 2. The summed E-state index contributed by atoms with van der Waals surface area (Å²) in [4.78, 5) is 0. The molecule has 102 valence electrons. The van der Waals surface area contributed by atoms with Gasteiger partial charge in [-0.2, -0.15) is 5.10 Å². The lowest BCUT2D eigenvalue weighted by molar-refractivity contribution is -0.0372. The van der Waals surface area contributed by atoms with E-state index in [1.165, 1.54) is 0 Å². The summed E-state index contributed by atoms with van der Waals surface area (Å²) < 4.78 is 28.5. The van der Waals surface area contributed by atoms with E-state index in [2.05, 4.69) is 25.9 Å². The van der Waals surface area contributed by atoms with Crippen LogP contribution in [0.25, 0.3) is 0 Å². The summed E-state index contributed by atoms with van der Waals surface area (Å²) in [5, 5.41) is 4.55. The van der Waals surface area contributed by atoms with Gasteiger partial charge in [0.25, 0.3) is 0 Å². The lowest BCUT2D eigenvalue weighted by Gasteiger charge is -2.19. The second-order valence-corrected chi connectivity index (χ2v) is 6.52. The van der Waals surface area contributed by atoms with Gasteiger partial charge in [0.15, 0.2) is 0 Å². The van der Waals surface area contributed by atoms with Gasteiger partial charge < -0.3 is 0 Å². The van der Waals surface area contributed by atoms with Gasteiger partial charge in [0.05, 0.1) is 11.2 Å². The van der Waals surface area contributed by atoms with Crippen molar-refractivity contribution < 1.29 is 8.78 Å². The Morgan fingerprint density at radius 2 is 1.89 bits per heavy atom. The molecule has 0 N–H and O–H groups in total. The van der Waals surface area contributed by atoms with Crippen molar-refractivity contribution in [3.05, 3.63) is 18.0 Å². The average Bonchev–Trinajstić information content (AvgIpc) is 2.84. The van der Waals surface area contributed by atoms with E-state index in [9.17, 15) is 8.78 Å². The van der Waals surface area contributed by atoms with Crippen LogP contribution in [0, 0.1) is 5.92 Å².